The van der Waals surface area contributed by atoms with Gasteiger partial charge in [0.05, 0.1) is 12.2 Å². The fraction of sp³-hybridized carbons (Fsp3) is 1.00. The summed E-state index contributed by atoms with van der Waals surface area (Å²) in [6.45, 7) is 1.99. The lowest BCUT2D eigenvalue weighted by molar-refractivity contribution is -0.111. The topological polar surface area (TPSA) is 49.7 Å². The number of aliphatic hydroxyl groups is 2. The van der Waals surface area contributed by atoms with Gasteiger partial charge in [-0.3, -0.25) is 0 Å². The van der Waals surface area contributed by atoms with Crippen molar-refractivity contribution in [1.82, 2.24) is 0 Å². The van der Waals surface area contributed by atoms with Crippen molar-refractivity contribution in [2.75, 3.05) is 0 Å². The molecule has 0 amide bonds. The van der Waals surface area contributed by atoms with Crippen LogP contribution in [0.15, 0.2) is 0 Å². The predicted octanol–water partition coefficient (Wildman–Crippen LogP) is 0.501. The fourth-order valence-electron chi connectivity index (χ4n) is 2.39. The molecule has 0 aromatic rings. The van der Waals surface area contributed by atoms with Crippen LogP contribution in [0.1, 0.15) is 26.2 Å². The van der Waals surface area contributed by atoms with Crippen LogP contribution in [0, 0.1) is 11.8 Å². The first-order valence-corrected chi connectivity index (χ1v) is 4.70. The van der Waals surface area contributed by atoms with Gasteiger partial charge in [0, 0.05) is 5.92 Å². The average Bonchev–Trinajstić information content (AvgIpc) is 2.31. The third-order valence-corrected chi connectivity index (χ3v) is 3.25. The maximum Gasteiger partial charge on any atom is 0.157 e. The highest BCUT2D eigenvalue weighted by Crippen LogP contribution is 2.40. The van der Waals surface area contributed by atoms with Crippen molar-refractivity contribution in [3.63, 3.8) is 0 Å². The van der Waals surface area contributed by atoms with E-state index in [9.17, 15) is 10.2 Å². The molecule has 1 aliphatic carbocycles. The molecule has 0 aromatic heterocycles. The van der Waals surface area contributed by atoms with E-state index < -0.39 is 6.29 Å². The van der Waals surface area contributed by atoms with Crippen LogP contribution < -0.4 is 0 Å². The first-order chi connectivity index (χ1) is 5.68. The van der Waals surface area contributed by atoms with Crippen LogP contribution in [0.4, 0.5) is 0 Å². The second-order valence-electron chi connectivity index (χ2n) is 4.05. The van der Waals surface area contributed by atoms with Gasteiger partial charge in [0.25, 0.3) is 0 Å². The van der Waals surface area contributed by atoms with Crippen molar-refractivity contribution < 1.29 is 14.9 Å². The molecule has 1 saturated heterocycles. The summed E-state index contributed by atoms with van der Waals surface area (Å²) in [4.78, 5) is 0. The van der Waals surface area contributed by atoms with Crippen LogP contribution in [-0.4, -0.2) is 28.7 Å². The first-order valence-electron chi connectivity index (χ1n) is 4.70. The van der Waals surface area contributed by atoms with E-state index in [4.69, 9.17) is 4.74 Å². The number of ether oxygens (including phenoxy) is 1. The largest absolute Gasteiger partial charge is 0.393 e. The summed E-state index contributed by atoms with van der Waals surface area (Å²) in [5.74, 6) is 0.550. The highest BCUT2D eigenvalue weighted by Gasteiger charge is 2.43. The van der Waals surface area contributed by atoms with Gasteiger partial charge in [-0.25, -0.2) is 0 Å². The Morgan fingerprint density at radius 2 is 2.00 bits per heavy atom. The van der Waals surface area contributed by atoms with Crippen LogP contribution in [0.25, 0.3) is 0 Å². The predicted molar refractivity (Wildman–Crippen MR) is 43.4 cm³/mol. The van der Waals surface area contributed by atoms with Crippen molar-refractivity contribution >= 4 is 0 Å². The Labute approximate surface area is 72.3 Å². The van der Waals surface area contributed by atoms with Gasteiger partial charge in [-0.1, -0.05) is 6.92 Å². The van der Waals surface area contributed by atoms with Crippen LogP contribution in [0.2, 0.25) is 0 Å². The van der Waals surface area contributed by atoms with Crippen LogP contribution >= 0.6 is 0 Å². The Morgan fingerprint density at radius 3 is 2.75 bits per heavy atom. The third kappa shape index (κ3) is 1.26. The molecule has 0 spiro atoms. The highest BCUT2D eigenvalue weighted by molar-refractivity contribution is 4.89. The van der Waals surface area contributed by atoms with Crippen molar-refractivity contribution in [2.45, 2.75) is 44.7 Å². The van der Waals surface area contributed by atoms with E-state index in [1.165, 1.54) is 0 Å². The fourth-order valence-corrected chi connectivity index (χ4v) is 2.39. The Morgan fingerprint density at radius 1 is 1.25 bits per heavy atom. The molecule has 3 nitrogen and oxygen atoms in total. The van der Waals surface area contributed by atoms with E-state index in [1.54, 1.807) is 0 Å². The van der Waals surface area contributed by atoms with Gasteiger partial charge in [0.15, 0.2) is 6.29 Å². The first kappa shape index (κ1) is 8.48. The molecule has 0 aromatic carbocycles. The molecule has 5 atom stereocenters. The zero-order valence-corrected chi connectivity index (χ0v) is 7.31. The number of rotatable bonds is 0. The summed E-state index contributed by atoms with van der Waals surface area (Å²) >= 11 is 0. The summed E-state index contributed by atoms with van der Waals surface area (Å²) in [7, 11) is 0. The Bertz CT molecular complexity index is 171. The molecule has 1 saturated carbocycles. The zero-order chi connectivity index (χ0) is 8.72. The van der Waals surface area contributed by atoms with Crippen molar-refractivity contribution in [3.8, 4) is 0 Å². The SMILES string of the molecule is C[C@@H]1C(O)O[C@H]2CCC(O)C[C@H]21. The number of fused-ring (bicyclic) bond motifs is 1. The second kappa shape index (κ2) is 2.98. The molecule has 1 aliphatic heterocycles. The summed E-state index contributed by atoms with van der Waals surface area (Å²) in [5, 5.41) is 18.8. The number of hydrogen-bond donors (Lipinski definition) is 2. The monoisotopic (exact) mass is 172 g/mol. The van der Waals surface area contributed by atoms with Crippen molar-refractivity contribution in [1.29, 1.82) is 0 Å². The van der Waals surface area contributed by atoms with Crippen molar-refractivity contribution in [3.05, 3.63) is 0 Å². The van der Waals surface area contributed by atoms with Crippen LogP contribution in [0.5, 0.6) is 0 Å². The minimum absolute atomic E-state index is 0.178. The highest BCUT2D eigenvalue weighted by atomic mass is 16.6. The molecule has 2 rings (SSSR count). The van der Waals surface area contributed by atoms with Gasteiger partial charge < -0.3 is 14.9 Å². The van der Waals surface area contributed by atoms with Crippen molar-refractivity contribution in [2.24, 2.45) is 11.8 Å². The summed E-state index contributed by atoms with van der Waals surface area (Å²) in [6.07, 6.45) is 1.92. The van der Waals surface area contributed by atoms with E-state index in [2.05, 4.69) is 0 Å². The maximum absolute atomic E-state index is 9.42. The van der Waals surface area contributed by atoms with Gasteiger partial charge in [-0.15, -0.1) is 0 Å². The van der Waals surface area contributed by atoms with Gasteiger partial charge >= 0.3 is 0 Å². The number of hydrogen-bond acceptors (Lipinski definition) is 3. The normalized spacial score (nSPS) is 53.8. The van der Waals surface area contributed by atoms with E-state index in [0.717, 1.165) is 19.3 Å². The quantitative estimate of drug-likeness (QED) is 0.559. The van der Waals surface area contributed by atoms with E-state index >= 15 is 0 Å². The molecule has 2 fully saturated rings. The zero-order valence-electron chi connectivity index (χ0n) is 7.31. The third-order valence-electron chi connectivity index (χ3n) is 3.25. The molecule has 1 heterocycles. The smallest absolute Gasteiger partial charge is 0.157 e. The number of aliphatic hydroxyl groups excluding tert-OH is 2. The second-order valence-corrected chi connectivity index (χ2v) is 4.05. The molecular formula is C9H16O3. The van der Waals surface area contributed by atoms with Crippen LogP contribution in [0.3, 0.4) is 0 Å². The molecule has 0 bridgehead atoms. The molecular weight excluding hydrogens is 156 g/mol. The average molecular weight is 172 g/mol. The minimum atomic E-state index is -0.606. The lowest BCUT2D eigenvalue weighted by atomic mass is 9.79. The summed E-state index contributed by atoms with van der Waals surface area (Å²) < 4.78 is 5.37. The molecule has 2 unspecified atom stereocenters. The minimum Gasteiger partial charge on any atom is -0.393 e. The van der Waals surface area contributed by atoms with E-state index in [-0.39, 0.29) is 18.1 Å². The van der Waals surface area contributed by atoms with E-state index in [0.29, 0.717) is 5.92 Å². The molecule has 70 valence electrons. The van der Waals surface area contributed by atoms with Gasteiger partial charge in [-0.2, -0.15) is 0 Å². The lowest BCUT2D eigenvalue weighted by Crippen LogP contribution is -2.30. The van der Waals surface area contributed by atoms with Gasteiger partial charge in [0.2, 0.25) is 0 Å². The Balaban J connectivity index is 2.05. The summed E-state index contributed by atoms with van der Waals surface area (Å²) in [6, 6.07) is 0. The maximum atomic E-state index is 9.42. The molecule has 2 N–H and O–H groups in total. The van der Waals surface area contributed by atoms with Crippen LogP contribution in [-0.2, 0) is 4.74 Å². The van der Waals surface area contributed by atoms with Gasteiger partial charge in [0.1, 0.15) is 0 Å². The Kier molecular flexibility index (Phi) is 2.10. The van der Waals surface area contributed by atoms with E-state index in [1.807, 2.05) is 6.92 Å². The molecule has 2 aliphatic rings. The van der Waals surface area contributed by atoms with Gasteiger partial charge in [-0.05, 0) is 25.2 Å². The Hall–Kier alpha value is -0.120. The standard InChI is InChI=1S/C9H16O3/c1-5-7-4-6(10)2-3-8(7)12-9(5)11/h5-11H,2-4H2,1H3/t5-,6?,7-,8-,9?/m0/s1. The summed E-state index contributed by atoms with van der Waals surface area (Å²) in [5.41, 5.74) is 0. The lowest BCUT2D eigenvalue weighted by Gasteiger charge is -2.28. The molecule has 3 heteroatoms. The molecule has 12 heavy (non-hydrogen) atoms. The molecule has 0 radical (unpaired) electrons.